The second kappa shape index (κ2) is 5.84. The molecule has 3 N–H and O–H groups in total. The molecule has 0 aliphatic carbocycles. The van der Waals surface area contributed by atoms with E-state index in [1.165, 1.54) is 13.8 Å². The molecule has 0 aliphatic rings. The van der Waals surface area contributed by atoms with Crippen molar-refractivity contribution >= 4 is 17.8 Å². The molecule has 104 valence electrons. The van der Waals surface area contributed by atoms with Gasteiger partial charge in [-0.25, -0.2) is 0 Å². The van der Waals surface area contributed by atoms with Gasteiger partial charge in [-0.15, -0.1) is 0 Å². The zero-order chi connectivity index (χ0) is 14.6. The Morgan fingerprint density at radius 2 is 1.50 bits per heavy atom. The van der Waals surface area contributed by atoms with Crippen molar-refractivity contribution in [3.05, 3.63) is 0 Å². The number of carbonyl (C=O) groups is 3. The van der Waals surface area contributed by atoms with Crippen molar-refractivity contribution in [3.63, 3.8) is 0 Å². The lowest BCUT2D eigenvalue weighted by Gasteiger charge is -2.20. The van der Waals surface area contributed by atoms with Crippen LogP contribution in [-0.4, -0.2) is 36.0 Å². The molecule has 0 aromatic heterocycles. The molecule has 0 unspecified atom stereocenters. The Hall–Kier alpha value is -1.59. The Balaban J connectivity index is 4.08. The highest BCUT2D eigenvalue weighted by Gasteiger charge is 2.27. The molecule has 0 saturated heterocycles. The number of nitrogens with one attached hydrogen (secondary N) is 2. The summed E-state index contributed by atoms with van der Waals surface area (Å²) in [6, 6.07) is 0. The van der Waals surface area contributed by atoms with E-state index < -0.39 is 22.7 Å². The van der Waals surface area contributed by atoms with E-state index >= 15 is 0 Å². The first kappa shape index (κ1) is 16.4. The fraction of sp³-hybridized carbons (Fsp3) is 0.750. The molecule has 0 heterocycles. The largest absolute Gasteiger partial charge is 0.481 e. The molecule has 0 atom stereocenters. The lowest BCUT2D eigenvalue weighted by Crippen LogP contribution is -2.45. The van der Waals surface area contributed by atoms with Crippen molar-refractivity contribution < 1.29 is 19.5 Å². The summed E-state index contributed by atoms with van der Waals surface area (Å²) < 4.78 is 0. The molecular weight excluding hydrogens is 236 g/mol. The minimum absolute atomic E-state index is 0.0204. The van der Waals surface area contributed by atoms with Gasteiger partial charge in [0, 0.05) is 12.0 Å². The van der Waals surface area contributed by atoms with Gasteiger partial charge in [0.2, 0.25) is 11.8 Å². The van der Waals surface area contributed by atoms with Gasteiger partial charge in [0.15, 0.2) is 0 Å². The van der Waals surface area contributed by atoms with Gasteiger partial charge in [-0.05, 0) is 13.8 Å². The molecule has 0 aromatic carbocycles. The third-order valence-electron chi connectivity index (χ3n) is 2.40. The van der Waals surface area contributed by atoms with E-state index in [2.05, 4.69) is 10.6 Å². The molecule has 0 saturated carbocycles. The zero-order valence-electron chi connectivity index (χ0n) is 11.6. The Morgan fingerprint density at radius 1 is 1.00 bits per heavy atom. The van der Waals surface area contributed by atoms with E-state index in [0.29, 0.717) is 0 Å². The third kappa shape index (κ3) is 5.65. The van der Waals surface area contributed by atoms with Crippen LogP contribution in [0.25, 0.3) is 0 Å². The first-order valence-corrected chi connectivity index (χ1v) is 5.75. The lowest BCUT2D eigenvalue weighted by molar-refractivity contribution is -0.146. The molecule has 0 rings (SSSR count). The Labute approximate surface area is 107 Å². The van der Waals surface area contributed by atoms with Gasteiger partial charge in [0.05, 0.1) is 12.0 Å². The fourth-order valence-electron chi connectivity index (χ4n) is 0.883. The maximum atomic E-state index is 11.5. The number of hydrogen-bond acceptors (Lipinski definition) is 3. The van der Waals surface area contributed by atoms with Crippen LogP contribution in [0.3, 0.4) is 0 Å². The maximum Gasteiger partial charge on any atom is 0.310 e. The molecule has 6 heteroatoms. The normalized spacial score (nSPS) is 11.8. The average Bonchev–Trinajstić information content (AvgIpc) is 2.21. The summed E-state index contributed by atoms with van der Waals surface area (Å²) in [6.07, 6.45) is 0. The van der Waals surface area contributed by atoms with E-state index in [9.17, 15) is 14.4 Å². The van der Waals surface area contributed by atoms with Crippen LogP contribution in [0, 0.1) is 10.8 Å². The van der Waals surface area contributed by atoms with Crippen LogP contribution in [0.1, 0.15) is 34.6 Å². The quantitative estimate of drug-likeness (QED) is 0.664. The van der Waals surface area contributed by atoms with E-state index in [4.69, 9.17) is 5.11 Å². The summed E-state index contributed by atoms with van der Waals surface area (Å²) >= 11 is 0. The van der Waals surface area contributed by atoms with Crippen molar-refractivity contribution in [2.45, 2.75) is 34.6 Å². The standard InChI is InChI=1S/C12H22N2O4/c1-11(2,3)9(16)13-6-8(15)14-7-12(4,5)10(17)18/h6-7H2,1-5H3,(H,13,16)(H,14,15)(H,17,18). The Bertz CT molecular complexity index is 342. The highest BCUT2D eigenvalue weighted by Crippen LogP contribution is 2.13. The van der Waals surface area contributed by atoms with Crippen LogP contribution in [-0.2, 0) is 14.4 Å². The molecule has 0 fully saturated rings. The van der Waals surface area contributed by atoms with E-state index in [1.54, 1.807) is 20.8 Å². The first-order chi connectivity index (χ1) is 7.97. The monoisotopic (exact) mass is 258 g/mol. The third-order valence-corrected chi connectivity index (χ3v) is 2.40. The van der Waals surface area contributed by atoms with Gasteiger partial charge in [-0.1, -0.05) is 20.8 Å². The second-order valence-corrected chi connectivity index (χ2v) is 5.90. The Kier molecular flexibility index (Phi) is 5.32. The molecule has 18 heavy (non-hydrogen) atoms. The molecule has 0 spiro atoms. The van der Waals surface area contributed by atoms with Crippen LogP contribution < -0.4 is 10.6 Å². The second-order valence-electron chi connectivity index (χ2n) is 5.90. The summed E-state index contributed by atoms with van der Waals surface area (Å²) in [5, 5.41) is 13.8. The van der Waals surface area contributed by atoms with Crippen molar-refractivity contribution in [3.8, 4) is 0 Å². The minimum atomic E-state index is -1.02. The van der Waals surface area contributed by atoms with Crippen molar-refractivity contribution in [1.29, 1.82) is 0 Å². The first-order valence-electron chi connectivity index (χ1n) is 5.75. The summed E-state index contributed by atoms with van der Waals surface area (Å²) in [6.45, 7) is 8.14. The van der Waals surface area contributed by atoms with Gasteiger partial charge in [-0.2, -0.15) is 0 Å². The van der Waals surface area contributed by atoms with Crippen LogP contribution in [0.15, 0.2) is 0 Å². The molecule has 6 nitrogen and oxygen atoms in total. The van der Waals surface area contributed by atoms with Crippen molar-refractivity contribution in [2.75, 3.05) is 13.1 Å². The van der Waals surface area contributed by atoms with Gasteiger partial charge in [0.25, 0.3) is 0 Å². The summed E-state index contributed by atoms with van der Waals surface area (Å²) in [5.41, 5.74) is -1.58. The fourth-order valence-corrected chi connectivity index (χ4v) is 0.883. The van der Waals surface area contributed by atoms with Gasteiger partial charge in [-0.3, -0.25) is 14.4 Å². The topological polar surface area (TPSA) is 95.5 Å². The number of hydrogen-bond donors (Lipinski definition) is 3. The van der Waals surface area contributed by atoms with E-state index in [-0.39, 0.29) is 19.0 Å². The molecule has 2 amide bonds. The van der Waals surface area contributed by atoms with Crippen LogP contribution >= 0.6 is 0 Å². The van der Waals surface area contributed by atoms with Crippen LogP contribution in [0.5, 0.6) is 0 Å². The highest BCUT2D eigenvalue weighted by atomic mass is 16.4. The maximum absolute atomic E-state index is 11.5. The summed E-state index contributed by atoms with van der Waals surface area (Å²) in [7, 11) is 0. The summed E-state index contributed by atoms with van der Waals surface area (Å²) in [5.74, 6) is -1.61. The summed E-state index contributed by atoms with van der Waals surface area (Å²) in [4.78, 5) is 33.7. The van der Waals surface area contributed by atoms with Gasteiger partial charge < -0.3 is 15.7 Å². The van der Waals surface area contributed by atoms with Crippen LogP contribution in [0.2, 0.25) is 0 Å². The van der Waals surface area contributed by atoms with Crippen molar-refractivity contribution in [2.24, 2.45) is 10.8 Å². The Morgan fingerprint density at radius 3 is 1.89 bits per heavy atom. The molecule has 0 bridgehead atoms. The van der Waals surface area contributed by atoms with E-state index in [0.717, 1.165) is 0 Å². The molecule has 0 radical (unpaired) electrons. The highest BCUT2D eigenvalue weighted by molar-refractivity contribution is 5.87. The van der Waals surface area contributed by atoms with Gasteiger partial charge >= 0.3 is 5.97 Å². The molecule has 0 aromatic rings. The molecular formula is C12H22N2O4. The predicted octanol–water partition coefficient (Wildman–Crippen LogP) is 0.376. The number of carbonyl (C=O) groups excluding carboxylic acids is 2. The predicted molar refractivity (Wildman–Crippen MR) is 66.9 cm³/mol. The SMILES string of the molecule is CC(C)(C)C(=O)NCC(=O)NCC(C)(C)C(=O)O. The van der Waals surface area contributed by atoms with Crippen molar-refractivity contribution in [1.82, 2.24) is 10.6 Å². The number of carboxylic acids is 1. The molecule has 0 aliphatic heterocycles. The number of carboxylic acid groups (broad SMARTS) is 1. The zero-order valence-corrected chi connectivity index (χ0v) is 11.6. The van der Waals surface area contributed by atoms with Crippen LogP contribution in [0.4, 0.5) is 0 Å². The van der Waals surface area contributed by atoms with Gasteiger partial charge in [0.1, 0.15) is 0 Å². The number of aliphatic carboxylic acids is 1. The number of rotatable bonds is 5. The minimum Gasteiger partial charge on any atom is -0.481 e. The average molecular weight is 258 g/mol. The van der Waals surface area contributed by atoms with E-state index in [1.807, 2.05) is 0 Å². The lowest BCUT2D eigenvalue weighted by atomic mass is 9.94. The number of amides is 2. The smallest absolute Gasteiger partial charge is 0.310 e.